The predicted molar refractivity (Wildman–Crippen MR) is 68.8 cm³/mol. The topological polar surface area (TPSA) is 63.5 Å². The van der Waals surface area contributed by atoms with Gasteiger partial charge in [-0.3, -0.25) is 0 Å². The van der Waals surface area contributed by atoms with Gasteiger partial charge in [0.05, 0.1) is 18.9 Å². The van der Waals surface area contributed by atoms with Crippen molar-refractivity contribution in [1.29, 1.82) is 0 Å². The number of anilines is 1. The van der Waals surface area contributed by atoms with Gasteiger partial charge >= 0.3 is 0 Å². The molecule has 1 atom stereocenters. The van der Waals surface area contributed by atoms with Crippen molar-refractivity contribution in [3.63, 3.8) is 0 Å². The number of nitrogens with one attached hydrogen (secondary N) is 2. The van der Waals surface area contributed by atoms with Crippen LogP contribution in [0.3, 0.4) is 0 Å². The molecule has 18 heavy (non-hydrogen) atoms. The number of hydrogen-bond acceptors (Lipinski definition) is 5. The highest BCUT2D eigenvalue weighted by atomic mass is 16.5. The van der Waals surface area contributed by atoms with Crippen LogP contribution in [0, 0.1) is 6.92 Å². The fourth-order valence-electron chi connectivity index (χ4n) is 2.13. The Morgan fingerprint density at radius 1 is 1.61 bits per heavy atom. The lowest BCUT2D eigenvalue weighted by atomic mass is 10.3. The number of aryl methyl sites for hydroxylation is 1. The summed E-state index contributed by atoms with van der Waals surface area (Å²) in [4.78, 5) is 4.41. The molecular weight excluding hydrogens is 230 g/mol. The molecule has 1 aliphatic heterocycles. The van der Waals surface area contributed by atoms with Crippen LogP contribution >= 0.6 is 0 Å². The Bertz CT molecular complexity index is 532. The van der Waals surface area contributed by atoms with E-state index >= 15 is 0 Å². The van der Waals surface area contributed by atoms with E-state index in [0.29, 0.717) is 0 Å². The first-order valence-electron chi connectivity index (χ1n) is 6.20. The van der Waals surface area contributed by atoms with Gasteiger partial charge in [0, 0.05) is 37.5 Å². The van der Waals surface area contributed by atoms with Gasteiger partial charge in [-0.2, -0.15) is 9.61 Å². The molecular formula is C12H17N5O. The van der Waals surface area contributed by atoms with Gasteiger partial charge in [-0.1, -0.05) is 0 Å². The third-order valence-corrected chi connectivity index (χ3v) is 3.00. The Balaban J connectivity index is 1.75. The molecule has 0 aromatic carbocycles. The smallest absolute Gasteiger partial charge is 0.157 e. The number of hydrogen-bond donors (Lipinski definition) is 2. The first-order chi connectivity index (χ1) is 8.83. The fourth-order valence-corrected chi connectivity index (χ4v) is 2.13. The second kappa shape index (κ2) is 4.91. The van der Waals surface area contributed by atoms with E-state index in [2.05, 4.69) is 20.7 Å². The van der Waals surface area contributed by atoms with Gasteiger partial charge < -0.3 is 15.4 Å². The third kappa shape index (κ3) is 2.30. The van der Waals surface area contributed by atoms with Crippen LogP contribution < -0.4 is 10.6 Å². The molecule has 3 heterocycles. The van der Waals surface area contributed by atoms with Crippen LogP contribution in [0.15, 0.2) is 18.3 Å². The average molecular weight is 247 g/mol. The molecule has 1 saturated heterocycles. The van der Waals surface area contributed by atoms with Crippen molar-refractivity contribution in [1.82, 2.24) is 19.9 Å². The zero-order valence-corrected chi connectivity index (χ0v) is 10.4. The van der Waals surface area contributed by atoms with E-state index in [-0.39, 0.29) is 6.10 Å². The number of nitrogens with zero attached hydrogens (tertiary/aromatic N) is 3. The molecule has 0 bridgehead atoms. The van der Waals surface area contributed by atoms with Crippen LogP contribution in [-0.4, -0.2) is 46.9 Å². The first kappa shape index (κ1) is 11.4. The van der Waals surface area contributed by atoms with Crippen LogP contribution in [-0.2, 0) is 4.74 Å². The Kier molecular flexibility index (Phi) is 3.12. The maximum absolute atomic E-state index is 5.65. The third-order valence-electron chi connectivity index (χ3n) is 3.00. The van der Waals surface area contributed by atoms with Crippen molar-refractivity contribution in [2.75, 3.05) is 31.6 Å². The molecule has 3 rings (SSSR count). The zero-order chi connectivity index (χ0) is 12.4. The lowest BCUT2D eigenvalue weighted by Gasteiger charge is -2.24. The van der Waals surface area contributed by atoms with Crippen LogP contribution in [0.2, 0.25) is 0 Å². The maximum atomic E-state index is 5.65. The van der Waals surface area contributed by atoms with E-state index in [1.54, 1.807) is 6.20 Å². The van der Waals surface area contributed by atoms with E-state index in [1.807, 2.05) is 23.6 Å². The van der Waals surface area contributed by atoms with Crippen LogP contribution in [0.5, 0.6) is 0 Å². The molecule has 0 radical (unpaired) electrons. The molecule has 0 aliphatic carbocycles. The highest BCUT2D eigenvalue weighted by Crippen LogP contribution is 2.12. The monoisotopic (exact) mass is 247 g/mol. The number of rotatable bonds is 3. The summed E-state index contributed by atoms with van der Waals surface area (Å²) < 4.78 is 7.46. The molecule has 2 N–H and O–H groups in total. The number of ether oxygens (including phenoxy) is 1. The predicted octanol–water partition coefficient (Wildman–Crippen LogP) is 0.438. The maximum Gasteiger partial charge on any atom is 0.157 e. The molecule has 1 aliphatic rings. The second-order valence-corrected chi connectivity index (χ2v) is 4.46. The summed E-state index contributed by atoms with van der Waals surface area (Å²) in [6.07, 6.45) is 1.96. The van der Waals surface area contributed by atoms with Gasteiger partial charge in [0.1, 0.15) is 5.82 Å². The Morgan fingerprint density at radius 3 is 3.39 bits per heavy atom. The van der Waals surface area contributed by atoms with E-state index in [0.717, 1.165) is 43.4 Å². The quantitative estimate of drug-likeness (QED) is 0.824. The number of fused-ring (bicyclic) bond motifs is 1. The van der Waals surface area contributed by atoms with Crippen LogP contribution in [0.25, 0.3) is 5.65 Å². The van der Waals surface area contributed by atoms with Crippen LogP contribution in [0.1, 0.15) is 5.69 Å². The van der Waals surface area contributed by atoms with E-state index in [4.69, 9.17) is 4.74 Å². The van der Waals surface area contributed by atoms with Crippen molar-refractivity contribution >= 4 is 11.5 Å². The van der Waals surface area contributed by atoms with Gasteiger partial charge in [0.15, 0.2) is 5.65 Å². The first-order valence-corrected chi connectivity index (χ1v) is 6.20. The van der Waals surface area contributed by atoms with Crippen molar-refractivity contribution in [2.45, 2.75) is 13.0 Å². The summed E-state index contributed by atoms with van der Waals surface area (Å²) in [6.45, 7) is 5.36. The largest absolute Gasteiger partial charge is 0.374 e. The summed E-state index contributed by atoms with van der Waals surface area (Å²) in [7, 11) is 0. The zero-order valence-electron chi connectivity index (χ0n) is 10.4. The number of morpholine rings is 1. The minimum absolute atomic E-state index is 0.206. The molecule has 1 fully saturated rings. The van der Waals surface area contributed by atoms with Crippen LogP contribution in [0.4, 0.5) is 5.82 Å². The van der Waals surface area contributed by atoms with Gasteiger partial charge in [-0.05, 0) is 6.92 Å². The lowest BCUT2D eigenvalue weighted by Crippen LogP contribution is -2.42. The van der Waals surface area contributed by atoms with Gasteiger partial charge in [-0.15, -0.1) is 0 Å². The summed E-state index contributed by atoms with van der Waals surface area (Å²) in [5.74, 6) is 0.955. The molecule has 0 saturated carbocycles. The number of aromatic nitrogens is 3. The lowest BCUT2D eigenvalue weighted by molar-refractivity contribution is 0.0371. The Morgan fingerprint density at radius 2 is 2.56 bits per heavy atom. The molecule has 2 aromatic rings. The molecule has 2 aromatic heterocycles. The highest BCUT2D eigenvalue weighted by molar-refractivity contribution is 5.48. The van der Waals surface area contributed by atoms with Gasteiger partial charge in [0.2, 0.25) is 0 Å². The van der Waals surface area contributed by atoms with Gasteiger partial charge in [-0.25, -0.2) is 4.98 Å². The minimum atomic E-state index is 0.206. The van der Waals surface area contributed by atoms with E-state index in [9.17, 15) is 0 Å². The van der Waals surface area contributed by atoms with Gasteiger partial charge in [0.25, 0.3) is 0 Å². The fraction of sp³-hybridized carbons (Fsp3) is 0.500. The molecule has 6 nitrogen and oxygen atoms in total. The van der Waals surface area contributed by atoms with E-state index < -0.39 is 0 Å². The standard InChI is InChI=1S/C12H17N5O/c1-9-6-12(17-11(16-9)2-3-15-17)14-8-10-7-13-4-5-18-10/h2-3,6,10,13-14H,4-5,7-8H2,1H3/t10-/m0/s1. The summed E-state index contributed by atoms with van der Waals surface area (Å²) in [5, 5.41) is 11.0. The van der Waals surface area contributed by atoms with E-state index in [1.165, 1.54) is 0 Å². The molecule has 0 amide bonds. The normalized spacial score (nSPS) is 20.2. The van der Waals surface area contributed by atoms with Crippen molar-refractivity contribution in [3.05, 3.63) is 24.0 Å². The minimum Gasteiger partial charge on any atom is -0.374 e. The van der Waals surface area contributed by atoms with Crippen molar-refractivity contribution < 1.29 is 4.74 Å². The van der Waals surface area contributed by atoms with Crippen molar-refractivity contribution in [3.8, 4) is 0 Å². The molecule has 0 spiro atoms. The second-order valence-electron chi connectivity index (χ2n) is 4.46. The molecule has 0 unspecified atom stereocenters. The summed E-state index contributed by atoms with van der Waals surface area (Å²) in [5.41, 5.74) is 1.84. The summed E-state index contributed by atoms with van der Waals surface area (Å²) in [6, 6.07) is 3.90. The molecule has 96 valence electrons. The highest BCUT2D eigenvalue weighted by Gasteiger charge is 2.13. The molecule has 6 heteroatoms. The Hall–Kier alpha value is -1.66. The summed E-state index contributed by atoms with van der Waals surface area (Å²) >= 11 is 0. The SMILES string of the molecule is Cc1cc(NC[C@@H]2CNCCO2)n2nccc2n1. The van der Waals surface area contributed by atoms with Crippen molar-refractivity contribution in [2.24, 2.45) is 0 Å². The average Bonchev–Trinajstić information content (AvgIpc) is 2.85. The Labute approximate surface area is 105 Å².